The molecule has 2 rings (SSSR count). The molecule has 0 heterocycles. The lowest BCUT2D eigenvalue weighted by molar-refractivity contribution is -0.116. The number of amides is 2. The predicted octanol–water partition coefficient (Wildman–Crippen LogP) is 4.15. The summed E-state index contributed by atoms with van der Waals surface area (Å²) in [6.07, 6.45) is 0.764. The van der Waals surface area contributed by atoms with Crippen molar-refractivity contribution in [3.05, 3.63) is 58.1 Å². The van der Waals surface area contributed by atoms with E-state index < -0.39 is 0 Å². The van der Waals surface area contributed by atoms with Crippen LogP contribution in [-0.2, 0) is 4.79 Å². The van der Waals surface area contributed by atoms with E-state index in [1.54, 1.807) is 49.5 Å². The maximum Gasteiger partial charge on any atom is 0.253 e. The molecule has 0 spiro atoms. The number of rotatable bonds is 7. The summed E-state index contributed by atoms with van der Waals surface area (Å²) < 4.78 is 5.54. The van der Waals surface area contributed by atoms with E-state index in [0.717, 1.165) is 0 Å². The largest absolute Gasteiger partial charge is 0.492 e. The molecule has 0 aliphatic heterocycles. The minimum Gasteiger partial charge on any atom is -0.492 e. The fraction of sp³-hybridized carbons (Fsp3) is 0.222. The van der Waals surface area contributed by atoms with Gasteiger partial charge in [-0.05, 0) is 36.8 Å². The van der Waals surface area contributed by atoms with Crippen LogP contribution in [0.3, 0.4) is 0 Å². The number of halogens is 2. The van der Waals surface area contributed by atoms with Crippen molar-refractivity contribution in [1.29, 1.82) is 0 Å². The van der Waals surface area contributed by atoms with Crippen molar-refractivity contribution in [2.45, 2.75) is 12.8 Å². The summed E-state index contributed by atoms with van der Waals surface area (Å²) in [4.78, 5) is 23.8. The first-order valence-electron chi connectivity index (χ1n) is 7.70. The Balaban J connectivity index is 1.82. The average Bonchev–Trinajstić information content (AvgIpc) is 2.60. The van der Waals surface area contributed by atoms with E-state index in [1.165, 1.54) is 0 Å². The summed E-state index contributed by atoms with van der Waals surface area (Å²) in [7, 11) is 1.54. The van der Waals surface area contributed by atoms with Gasteiger partial charge in [0.2, 0.25) is 5.91 Å². The molecule has 0 aliphatic rings. The van der Waals surface area contributed by atoms with E-state index in [9.17, 15) is 9.59 Å². The van der Waals surface area contributed by atoms with Crippen LogP contribution in [0.5, 0.6) is 5.75 Å². The van der Waals surface area contributed by atoms with Gasteiger partial charge in [0.1, 0.15) is 5.75 Å². The summed E-state index contributed by atoms with van der Waals surface area (Å²) >= 11 is 11.8. The van der Waals surface area contributed by atoms with Crippen LogP contribution in [0.25, 0.3) is 0 Å². The van der Waals surface area contributed by atoms with Gasteiger partial charge in [0.15, 0.2) is 0 Å². The fourth-order valence-electron chi connectivity index (χ4n) is 2.14. The van der Waals surface area contributed by atoms with Crippen LogP contribution in [0.15, 0.2) is 42.5 Å². The number of carbonyl (C=O) groups is 2. The zero-order valence-electron chi connectivity index (χ0n) is 13.6. The topological polar surface area (TPSA) is 67.4 Å². The van der Waals surface area contributed by atoms with Crippen LogP contribution in [0.4, 0.5) is 5.69 Å². The van der Waals surface area contributed by atoms with Crippen molar-refractivity contribution in [2.75, 3.05) is 19.0 Å². The number of nitrogens with one attached hydrogen (secondary N) is 2. The molecular formula is C18H18Cl2N2O3. The van der Waals surface area contributed by atoms with Crippen LogP contribution in [0.2, 0.25) is 10.0 Å². The molecule has 132 valence electrons. The average molecular weight is 381 g/mol. The van der Waals surface area contributed by atoms with Crippen LogP contribution >= 0.6 is 23.2 Å². The predicted molar refractivity (Wildman–Crippen MR) is 99.7 cm³/mol. The van der Waals surface area contributed by atoms with E-state index in [1.807, 2.05) is 0 Å². The quantitative estimate of drug-likeness (QED) is 0.708. The first-order chi connectivity index (χ1) is 12.0. The number of carbonyl (C=O) groups excluding carboxylic acids is 2. The minimum atomic E-state index is -0.253. The smallest absolute Gasteiger partial charge is 0.253 e. The normalized spacial score (nSPS) is 10.2. The Labute approximate surface area is 156 Å². The molecule has 2 aromatic rings. The molecule has 0 aromatic heterocycles. The fourth-order valence-corrected chi connectivity index (χ4v) is 2.61. The molecule has 0 aliphatic carbocycles. The number of benzene rings is 2. The zero-order chi connectivity index (χ0) is 18.2. The number of hydrogen-bond acceptors (Lipinski definition) is 3. The third-order valence-corrected chi connectivity index (χ3v) is 3.90. The first-order valence-corrected chi connectivity index (χ1v) is 8.45. The van der Waals surface area contributed by atoms with E-state index >= 15 is 0 Å². The molecule has 2 aromatic carbocycles. The van der Waals surface area contributed by atoms with Crippen molar-refractivity contribution in [3.63, 3.8) is 0 Å². The van der Waals surface area contributed by atoms with Crippen molar-refractivity contribution >= 4 is 40.7 Å². The van der Waals surface area contributed by atoms with E-state index in [4.69, 9.17) is 27.9 Å². The third-order valence-electron chi connectivity index (χ3n) is 3.37. The summed E-state index contributed by atoms with van der Waals surface area (Å²) in [6.45, 7) is 0.339. The molecular weight excluding hydrogens is 363 g/mol. The van der Waals surface area contributed by atoms with E-state index in [0.29, 0.717) is 40.1 Å². The molecule has 0 radical (unpaired) electrons. The number of anilines is 1. The van der Waals surface area contributed by atoms with E-state index in [-0.39, 0.29) is 18.2 Å². The van der Waals surface area contributed by atoms with Gasteiger partial charge in [-0.25, -0.2) is 0 Å². The number of ether oxygens (including phenoxy) is 1. The van der Waals surface area contributed by atoms with Crippen molar-refractivity contribution < 1.29 is 14.3 Å². The second-order valence-electron chi connectivity index (χ2n) is 5.20. The van der Waals surface area contributed by atoms with Crippen LogP contribution < -0.4 is 15.4 Å². The Hall–Kier alpha value is -2.24. The molecule has 0 saturated heterocycles. The van der Waals surface area contributed by atoms with Crippen LogP contribution in [0, 0.1) is 0 Å². The van der Waals surface area contributed by atoms with E-state index in [2.05, 4.69) is 10.6 Å². The Morgan fingerprint density at radius 2 is 1.88 bits per heavy atom. The van der Waals surface area contributed by atoms with Gasteiger partial charge >= 0.3 is 0 Å². The van der Waals surface area contributed by atoms with Crippen molar-refractivity contribution in [2.24, 2.45) is 0 Å². The number of para-hydroxylation sites is 1. The molecule has 0 fully saturated rings. The lowest BCUT2D eigenvalue weighted by atomic mass is 10.1. The second kappa shape index (κ2) is 9.30. The Morgan fingerprint density at radius 3 is 2.60 bits per heavy atom. The standard InChI is InChI=1S/C18H18Cl2N2O3/c1-21-18(24)13-5-2-3-6-15(13)22-17(23)7-4-10-25-16-9-8-12(19)11-14(16)20/h2-3,5-6,8-9,11H,4,7,10H2,1H3,(H,21,24)(H,22,23). The molecule has 7 heteroatoms. The molecule has 2 amide bonds. The van der Waals surface area contributed by atoms with Gasteiger partial charge in [-0.3, -0.25) is 9.59 Å². The molecule has 2 N–H and O–H groups in total. The van der Waals surface area contributed by atoms with Crippen molar-refractivity contribution in [3.8, 4) is 5.75 Å². The second-order valence-corrected chi connectivity index (χ2v) is 6.04. The summed E-state index contributed by atoms with van der Waals surface area (Å²) in [6, 6.07) is 11.8. The van der Waals surface area contributed by atoms with Gasteiger partial charge in [-0.2, -0.15) is 0 Å². The minimum absolute atomic E-state index is 0.192. The lowest BCUT2D eigenvalue weighted by Crippen LogP contribution is -2.21. The highest BCUT2D eigenvalue weighted by Crippen LogP contribution is 2.27. The Kier molecular flexibility index (Phi) is 7.10. The molecule has 0 atom stereocenters. The highest BCUT2D eigenvalue weighted by Gasteiger charge is 2.11. The van der Waals surface area contributed by atoms with Gasteiger partial charge < -0.3 is 15.4 Å². The molecule has 0 bridgehead atoms. The Morgan fingerprint density at radius 1 is 1.12 bits per heavy atom. The highest BCUT2D eigenvalue weighted by atomic mass is 35.5. The summed E-state index contributed by atoms with van der Waals surface area (Å²) in [5.41, 5.74) is 0.899. The summed E-state index contributed by atoms with van der Waals surface area (Å²) in [5.74, 6) is 0.0789. The van der Waals surface area contributed by atoms with Gasteiger partial charge in [-0.1, -0.05) is 35.3 Å². The van der Waals surface area contributed by atoms with Gasteiger partial charge in [0, 0.05) is 18.5 Å². The van der Waals surface area contributed by atoms with Gasteiger partial charge in [-0.15, -0.1) is 0 Å². The van der Waals surface area contributed by atoms with Crippen molar-refractivity contribution in [1.82, 2.24) is 5.32 Å². The third kappa shape index (κ3) is 5.66. The summed E-state index contributed by atoms with van der Waals surface area (Å²) in [5, 5.41) is 6.25. The molecule has 25 heavy (non-hydrogen) atoms. The van der Waals surface area contributed by atoms with Gasteiger partial charge in [0.25, 0.3) is 5.91 Å². The first kappa shape index (κ1) is 19.1. The zero-order valence-corrected chi connectivity index (χ0v) is 15.2. The van der Waals surface area contributed by atoms with Gasteiger partial charge in [0.05, 0.1) is 22.9 Å². The molecule has 5 nitrogen and oxygen atoms in total. The number of hydrogen-bond donors (Lipinski definition) is 2. The molecule has 0 saturated carbocycles. The Bertz CT molecular complexity index is 766. The SMILES string of the molecule is CNC(=O)c1ccccc1NC(=O)CCCOc1ccc(Cl)cc1Cl. The maximum atomic E-state index is 12.1. The lowest BCUT2D eigenvalue weighted by Gasteiger charge is -2.11. The monoisotopic (exact) mass is 380 g/mol. The molecule has 0 unspecified atom stereocenters. The van der Waals surface area contributed by atoms with Crippen LogP contribution in [-0.4, -0.2) is 25.5 Å². The maximum absolute atomic E-state index is 12.1. The van der Waals surface area contributed by atoms with Crippen LogP contribution in [0.1, 0.15) is 23.2 Å². The highest BCUT2D eigenvalue weighted by molar-refractivity contribution is 6.35.